The van der Waals surface area contributed by atoms with Crippen molar-refractivity contribution in [2.24, 2.45) is 0 Å². The molecule has 162 valence electrons. The zero-order valence-corrected chi connectivity index (χ0v) is 18.8. The van der Waals surface area contributed by atoms with Gasteiger partial charge in [0.25, 0.3) is 5.22 Å². The van der Waals surface area contributed by atoms with Gasteiger partial charge in [0.2, 0.25) is 11.8 Å². The molecule has 31 heavy (non-hydrogen) atoms. The summed E-state index contributed by atoms with van der Waals surface area (Å²) in [6, 6.07) is 15.1. The number of piperazine rings is 1. The first kappa shape index (κ1) is 21.7. The van der Waals surface area contributed by atoms with Crippen LogP contribution in [0.15, 0.2) is 58.2 Å². The summed E-state index contributed by atoms with van der Waals surface area (Å²) in [5.41, 5.74) is 2.44. The molecule has 1 aromatic heterocycles. The van der Waals surface area contributed by atoms with Gasteiger partial charge in [0, 0.05) is 31.7 Å². The topological polar surface area (TPSA) is 74.5 Å². The van der Waals surface area contributed by atoms with E-state index in [4.69, 9.17) is 16.0 Å². The van der Waals surface area contributed by atoms with Crippen molar-refractivity contribution in [1.82, 2.24) is 15.1 Å². The van der Waals surface area contributed by atoms with Gasteiger partial charge < -0.3 is 19.5 Å². The molecule has 1 saturated heterocycles. The molecule has 0 saturated carbocycles. The van der Waals surface area contributed by atoms with E-state index in [2.05, 4.69) is 32.2 Å². The average molecular weight is 458 g/mol. The molecule has 3 aromatic rings. The van der Waals surface area contributed by atoms with Gasteiger partial charge >= 0.3 is 0 Å². The van der Waals surface area contributed by atoms with Crippen molar-refractivity contribution < 1.29 is 9.21 Å². The summed E-state index contributed by atoms with van der Waals surface area (Å²) in [6.45, 7) is 6.91. The number of amides is 1. The lowest BCUT2D eigenvalue weighted by atomic mass is 10.2. The fraction of sp³-hybridized carbons (Fsp3) is 0.318. The summed E-state index contributed by atoms with van der Waals surface area (Å²) >= 11 is 7.71. The molecule has 0 aliphatic carbocycles. The first-order valence-electron chi connectivity index (χ1n) is 10.2. The third-order valence-electron chi connectivity index (χ3n) is 5.15. The van der Waals surface area contributed by atoms with Crippen LogP contribution in [0.3, 0.4) is 0 Å². The SMILES string of the molecule is CCN1CCN(c2c(Cl)cccc2NC(=O)CSc2nnc(-c3ccccc3)o2)CC1. The molecule has 9 heteroatoms. The van der Waals surface area contributed by atoms with Crippen molar-refractivity contribution in [3.63, 3.8) is 0 Å². The lowest BCUT2D eigenvalue weighted by Crippen LogP contribution is -2.46. The molecule has 1 N–H and O–H groups in total. The monoisotopic (exact) mass is 457 g/mol. The number of halogens is 1. The van der Waals surface area contributed by atoms with Crippen LogP contribution in [0, 0.1) is 0 Å². The molecule has 0 bridgehead atoms. The van der Waals surface area contributed by atoms with Gasteiger partial charge in [-0.3, -0.25) is 4.79 Å². The maximum absolute atomic E-state index is 12.6. The lowest BCUT2D eigenvalue weighted by molar-refractivity contribution is -0.113. The van der Waals surface area contributed by atoms with Gasteiger partial charge in [0.15, 0.2) is 0 Å². The minimum Gasteiger partial charge on any atom is -0.411 e. The van der Waals surface area contributed by atoms with E-state index in [1.165, 1.54) is 11.8 Å². The molecular formula is C22H24ClN5O2S. The number of thioether (sulfide) groups is 1. The van der Waals surface area contributed by atoms with Gasteiger partial charge in [-0.05, 0) is 30.8 Å². The second kappa shape index (κ2) is 10.2. The minimum atomic E-state index is -0.153. The predicted molar refractivity (Wildman–Crippen MR) is 125 cm³/mol. The summed E-state index contributed by atoms with van der Waals surface area (Å²) in [4.78, 5) is 17.3. The van der Waals surface area contributed by atoms with Crippen LogP contribution in [0.1, 0.15) is 6.92 Å². The molecular weight excluding hydrogens is 434 g/mol. The Morgan fingerprint density at radius 1 is 1.10 bits per heavy atom. The predicted octanol–water partition coefficient (Wildman–Crippen LogP) is 4.26. The number of hydrogen-bond donors (Lipinski definition) is 1. The van der Waals surface area contributed by atoms with E-state index in [1.807, 2.05) is 48.5 Å². The van der Waals surface area contributed by atoms with Crippen LogP contribution in [-0.2, 0) is 4.79 Å². The van der Waals surface area contributed by atoms with Crippen LogP contribution < -0.4 is 10.2 Å². The smallest absolute Gasteiger partial charge is 0.277 e. The molecule has 0 unspecified atom stereocenters. The van der Waals surface area contributed by atoms with Crippen LogP contribution in [0.2, 0.25) is 5.02 Å². The molecule has 0 radical (unpaired) electrons. The van der Waals surface area contributed by atoms with Crippen LogP contribution in [-0.4, -0.2) is 59.5 Å². The second-order valence-electron chi connectivity index (χ2n) is 7.13. The van der Waals surface area contributed by atoms with Gasteiger partial charge in [0.05, 0.1) is 22.2 Å². The first-order valence-corrected chi connectivity index (χ1v) is 11.6. The van der Waals surface area contributed by atoms with Gasteiger partial charge in [-0.2, -0.15) is 0 Å². The Morgan fingerprint density at radius 2 is 1.87 bits per heavy atom. The van der Waals surface area contributed by atoms with E-state index in [1.54, 1.807) is 0 Å². The standard InChI is InChI=1S/C22H24ClN5O2S/c1-2-27-11-13-28(14-12-27)20-17(23)9-6-10-18(20)24-19(29)15-31-22-26-25-21(30-22)16-7-4-3-5-8-16/h3-10H,2,11-15H2,1H3,(H,24,29). The van der Waals surface area contributed by atoms with E-state index in [-0.39, 0.29) is 11.7 Å². The van der Waals surface area contributed by atoms with E-state index < -0.39 is 0 Å². The number of para-hydroxylation sites is 1. The number of hydrogen-bond acceptors (Lipinski definition) is 7. The van der Waals surface area contributed by atoms with Crippen LogP contribution in [0.4, 0.5) is 11.4 Å². The van der Waals surface area contributed by atoms with E-state index >= 15 is 0 Å². The molecule has 1 fully saturated rings. The summed E-state index contributed by atoms with van der Waals surface area (Å²) < 4.78 is 5.66. The Kier molecular flexibility index (Phi) is 7.11. The maximum Gasteiger partial charge on any atom is 0.277 e. The molecule has 1 aliphatic heterocycles. The second-order valence-corrected chi connectivity index (χ2v) is 8.47. The number of carbonyl (C=O) groups excluding carboxylic acids is 1. The molecule has 7 nitrogen and oxygen atoms in total. The van der Waals surface area contributed by atoms with Crippen molar-refractivity contribution in [2.75, 3.05) is 48.7 Å². The number of rotatable bonds is 7. The molecule has 0 atom stereocenters. The van der Waals surface area contributed by atoms with Crippen molar-refractivity contribution >= 4 is 40.6 Å². The maximum atomic E-state index is 12.6. The Bertz CT molecular complexity index is 1020. The largest absolute Gasteiger partial charge is 0.411 e. The van der Waals surface area contributed by atoms with E-state index in [0.29, 0.717) is 16.1 Å². The highest BCUT2D eigenvalue weighted by Gasteiger charge is 2.21. The van der Waals surface area contributed by atoms with E-state index in [9.17, 15) is 4.79 Å². The van der Waals surface area contributed by atoms with Gasteiger partial charge in [0.1, 0.15) is 0 Å². The number of nitrogens with zero attached hydrogens (tertiary/aromatic N) is 4. The average Bonchev–Trinajstić information content (AvgIpc) is 3.28. The highest BCUT2D eigenvalue weighted by atomic mass is 35.5. The number of nitrogens with one attached hydrogen (secondary N) is 1. The van der Waals surface area contributed by atoms with Crippen LogP contribution >= 0.6 is 23.4 Å². The van der Waals surface area contributed by atoms with E-state index in [0.717, 1.165) is 49.7 Å². The number of likely N-dealkylation sites (N-methyl/N-ethyl adjacent to an activating group) is 1. The first-order chi connectivity index (χ1) is 15.1. The summed E-state index contributed by atoms with van der Waals surface area (Å²) in [7, 11) is 0. The normalized spacial score (nSPS) is 14.6. The highest BCUT2D eigenvalue weighted by molar-refractivity contribution is 7.99. The summed E-state index contributed by atoms with van der Waals surface area (Å²) in [5.74, 6) is 0.443. The Morgan fingerprint density at radius 3 is 2.61 bits per heavy atom. The van der Waals surface area contributed by atoms with Gasteiger partial charge in [-0.1, -0.05) is 54.6 Å². The van der Waals surface area contributed by atoms with Crippen molar-refractivity contribution in [2.45, 2.75) is 12.1 Å². The van der Waals surface area contributed by atoms with Crippen LogP contribution in [0.25, 0.3) is 11.5 Å². The number of anilines is 2. The molecule has 2 aromatic carbocycles. The minimum absolute atomic E-state index is 0.153. The third-order valence-corrected chi connectivity index (χ3v) is 6.27. The number of benzene rings is 2. The Balaban J connectivity index is 1.38. The number of carbonyl (C=O) groups is 1. The van der Waals surface area contributed by atoms with Gasteiger partial charge in [-0.25, -0.2) is 0 Å². The van der Waals surface area contributed by atoms with Gasteiger partial charge in [-0.15, -0.1) is 10.2 Å². The quantitative estimate of drug-likeness (QED) is 0.531. The molecule has 2 heterocycles. The highest BCUT2D eigenvalue weighted by Crippen LogP contribution is 2.35. The fourth-order valence-corrected chi connectivity index (χ4v) is 4.36. The molecule has 1 aliphatic rings. The third kappa shape index (κ3) is 5.39. The number of aromatic nitrogens is 2. The van der Waals surface area contributed by atoms with Crippen LogP contribution in [0.5, 0.6) is 0 Å². The fourth-order valence-electron chi connectivity index (χ4n) is 3.50. The Labute approximate surface area is 190 Å². The zero-order chi connectivity index (χ0) is 21.6. The molecule has 0 spiro atoms. The molecule has 4 rings (SSSR count). The zero-order valence-electron chi connectivity index (χ0n) is 17.3. The summed E-state index contributed by atoms with van der Waals surface area (Å²) in [6.07, 6.45) is 0. The van der Waals surface area contributed by atoms with Crippen molar-refractivity contribution in [3.8, 4) is 11.5 Å². The lowest BCUT2D eigenvalue weighted by Gasteiger charge is -2.36. The Hall–Kier alpha value is -2.55. The molecule has 1 amide bonds. The van der Waals surface area contributed by atoms with Crippen molar-refractivity contribution in [1.29, 1.82) is 0 Å². The summed E-state index contributed by atoms with van der Waals surface area (Å²) in [5, 5.41) is 12.1. The van der Waals surface area contributed by atoms with Crippen molar-refractivity contribution in [3.05, 3.63) is 53.6 Å².